The molecule has 6 nitrogen and oxygen atoms in total. The fourth-order valence-electron chi connectivity index (χ4n) is 3.85. The predicted octanol–water partition coefficient (Wildman–Crippen LogP) is 3.16. The Kier molecular flexibility index (Phi) is 7.85. The molecule has 0 aromatic heterocycles. The number of rotatable bonds is 9. The van der Waals surface area contributed by atoms with Crippen LogP contribution >= 0.6 is 0 Å². The van der Waals surface area contributed by atoms with Gasteiger partial charge in [-0.05, 0) is 62.7 Å². The van der Waals surface area contributed by atoms with Gasteiger partial charge in [-0.3, -0.25) is 14.5 Å². The van der Waals surface area contributed by atoms with Crippen molar-refractivity contribution in [1.82, 2.24) is 15.5 Å². The molecule has 1 fully saturated rings. The summed E-state index contributed by atoms with van der Waals surface area (Å²) in [5.74, 6) is 0.601. The van der Waals surface area contributed by atoms with Crippen LogP contribution in [0.4, 0.5) is 0 Å². The number of benzene rings is 2. The van der Waals surface area contributed by atoms with Gasteiger partial charge in [0.15, 0.2) is 0 Å². The van der Waals surface area contributed by atoms with E-state index in [1.165, 1.54) is 18.4 Å². The Morgan fingerprint density at radius 1 is 1.03 bits per heavy atom. The van der Waals surface area contributed by atoms with Crippen molar-refractivity contribution in [2.24, 2.45) is 0 Å². The summed E-state index contributed by atoms with van der Waals surface area (Å²) < 4.78 is 5.26. The number of hydrogen-bond acceptors (Lipinski definition) is 4. The lowest BCUT2D eigenvalue weighted by molar-refractivity contribution is -0.121. The maximum Gasteiger partial charge on any atom is 0.251 e. The fraction of sp³-hybridized carbons (Fsp3) is 0.417. The van der Waals surface area contributed by atoms with Gasteiger partial charge in [-0.1, -0.05) is 30.3 Å². The zero-order valence-electron chi connectivity index (χ0n) is 17.8. The van der Waals surface area contributed by atoms with Crippen molar-refractivity contribution >= 4 is 11.8 Å². The van der Waals surface area contributed by atoms with Crippen molar-refractivity contribution in [2.45, 2.75) is 38.3 Å². The van der Waals surface area contributed by atoms with E-state index in [0.717, 1.165) is 18.8 Å². The molecule has 0 bridgehead atoms. The molecule has 1 aliphatic heterocycles. The van der Waals surface area contributed by atoms with Gasteiger partial charge in [-0.2, -0.15) is 0 Å². The predicted molar refractivity (Wildman–Crippen MR) is 118 cm³/mol. The summed E-state index contributed by atoms with van der Waals surface area (Å²) in [6.07, 6.45) is 2.61. The van der Waals surface area contributed by atoms with Crippen molar-refractivity contribution in [2.75, 3.05) is 26.7 Å². The Morgan fingerprint density at radius 2 is 1.70 bits per heavy atom. The van der Waals surface area contributed by atoms with E-state index in [4.69, 9.17) is 4.74 Å². The van der Waals surface area contributed by atoms with Crippen LogP contribution in [0.2, 0.25) is 0 Å². The summed E-state index contributed by atoms with van der Waals surface area (Å²) in [7, 11) is 1.66. The molecule has 2 N–H and O–H groups in total. The molecule has 2 amide bonds. The highest BCUT2D eigenvalue weighted by molar-refractivity contribution is 5.94. The fourth-order valence-corrected chi connectivity index (χ4v) is 3.85. The van der Waals surface area contributed by atoms with E-state index in [1.807, 2.05) is 37.3 Å². The van der Waals surface area contributed by atoms with Crippen LogP contribution in [0.5, 0.6) is 5.75 Å². The number of ether oxygens (including phenoxy) is 1. The number of hydrogen-bond donors (Lipinski definition) is 2. The highest BCUT2D eigenvalue weighted by Gasteiger charge is 2.24. The second-order valence-corrected chi connectivity index (χ2v) is 7.78. The molecule has 30 heavy (non-hydrogen) atoms. The van der Waals surface area contributed by atoms with Gasteiger partial charge in [-0.25, -0.2) is 0 Å². The monoisotopic (exact) mass is 409 g/mol. The number of amides is 2. The minimum Gasteiger partial charge on any atom is -0.497 e. The summed E-state index contributed by atoms with van der Waals surface area (Å²) in [5.41, 5.74) is 1.77. The summed E-state index contributed by atoms with van der Waals surface area (Å²) in [6.45, 7) is 4.47. The van der Waals surface area contributed by atoms with Crippen molar-refractivity contribution in [3.63, 3.8) is 0 Å². The Bertz CT molecular complexity index is 817. The maximum absolute atomic E-state index is 12.5. The van der Waals surface area contributed by atoms with Gasteiger partial charge in [0.25, 0.3) is 5.91 Å². The van der Waals surface area contributed by atoms with Gasteiger partial charge in [0.1, 0.15) is 5.75 Å². The van der Waals surface area contributed by atoms with Crippen LogP contribution < -0.4 is 15.4 Å². The van der Waals surface area contributed by atoms with E-state index in [2.05, 4.69) is 27.7 Å². The SMILES string of the molecule is COc1ccc(C(CNC(=O)CC(C)NC(=O)c2ccccc2)N2CCCC2)cc1. The summed E-state index contributed by atoms with van der Waals surface area (Å²) in [6, 6.07) is 17.0. The van der Waals surface area contributed by atoms with Gasteiger partial charge >= 0.3 is 0 Å². The summed E-state index contributed by atoms with van der Waals surface area (Å²) in [5, 5.41) is 5.96. The number of carbonyl (C=O) groups is 2. The molecular formula is C24H31N3O3. The van der Waals surface area contributed by atoms with Crippen LogP contribution in [0.25, 0.3) is 0 Å². The number of likely N-dealkylation sites (tertiary alicyclic amines) is 1. The molecule has 6 heteroatoms. The van der Waals surface area contributed by atoms with Crippen LogP contribution in [0.1, 0.15) is 48.1 Å². The second-order valence-electron chi connectivity index (χ2n) is 7.78. The van der Waals surface area contributed by atoms with Crippen molar-refractivity contribution in [3.05, 3.63) is 65.7 Å². The standard InChI is InChI=1S/C24H31N3O3/c1-18(26-24(29)20-8-4-3-5-9-20)16-23(28)25-17-22(27-14-6-7-15-27)19-10-12-21(30-2)13-11-19/h3-5,8-13,18,22H,6-7,14-17H2,1-2H3,(H,25,28)(H,26,29). The summed E-state index contributed by atoms with van der Waals surface area (Å²) in [4.78, 5) is 27.2. The quantitative estimate of drug-likeness (QED) is 0.667. The second kappa shape index (κ2) is 10.8. The first-order valence-electron chi connectivity index (χ1n) is 10.6. The third-order valence-electron chi connectivity index (χ3n) is 5.48. The molecule has 2 aromatic rings. The maximum atomic E-state index is 12.5. The smallest absolute Gasteiger partial charge is 0.251 e. The average molecular weight is 410 g/mol. The van der Waals surface area contributed by atoms with Gasteiger partial charge in [0, 0.05) is 24.6 Å². The lowest BCUT2D eigenvalue weighted by Gasteiger charge is -2.28. The minimum absolute atomic E-state index is 0.0615. The average Bonchev–Trinajstić information content (AvgIpc) is 3.29. The van der Waals surface area contributed by atoms with Gasteiger partial charge in [0.2, 0.25) is 5.91 Å². The molecular weight excluding hydrogens is 378 g/mol. The zero-order valence-corrected chi connectivity index (χ0v) is 17.8. The highest BCUT2D eigenvalue weighted by atomic mass is 16.5. The van der Waals surface area contributed by atoms with Crippen LogP contribution in [0, 0.1) is 0 Å². The van der Waals surface area contributed by atoms with Crippen LogP contribution in [0.15, 0.2) is 54.6 Å². The van der Waals surface area contributed by atoms with Gasteiger partial charge < -0.3 is 15.4 Å². The third-order valence-corrected chi connectivity index (χ3v) is 5.48. The lowest BCUT2D eigenvalue weighted by atomic mass is 10.0. The van der Waals surface area contributed by atoms with E-state index < -0.39 is 0 Å². The Morgan fingerprint density at radius 3 is 2.33 bits per heavy atom. The first kappa shape index (κ1) is 21.8. The molecule has 160 valence electrons. The van der Waals surface area contributed by atoms with Crippen LogP contribution in [0.3, 0.4) is 0 Å². The Hall–Kier alpha value is -2.86. The molecule has 1 saturated heterocycles. The first-order valence-corrected chi connectivity index (χ1v) is 10.6. The molecule has 2 aromatic carbocycles. The van der Waals surface area contributed by atoms with Gasteiger partial charge in [0.05, 0.1) is 13.2 Å². The first-order chi connectivity index (χ1) is 14.6. The van der Waals surface area contributed by atoms with E-state index >= 15 is 0 Å². The molecule has 1 heterocycles. The Labute approximate surface area is 178 Å². The molecule has 3 rings (SSSR count). The van der Waals surface area contributed by atoms with Crippen molar-refractivity contribution in [3.8, 4) is 5.75 Å². The minimum atomic E-state index is -0.246. The highest BCUT2D eigenvalue weighted by Crippen LogP contribution is 2.26. The van der Waals surface area contributed by atoms with Crippen LogP contribution in [-0.4, -0.2) is 49.5 Å². The van der Waals surface area contributed by atoms with E-state index in [9.17, 15) is 9.59 Å². The Balaban J connectivity index is 1.53. The molecule has 0 saturated carbocycles. The molecule has 0 radical (unpaired) electrons. The normalized spacial score (nSPS) is 15.9. The zero-order chi connectivity index (χ0) is 21.3. The molecule has 0 aliphatic carbocycles. The molecule has 2 unspecified atom stereocenters. The largest absolute Gasteiger partial charge is 0.497 e. The van der Waals surface area contributed by atoms with Crippen LogP contribution in [-0.2, 0) is 4.79 Å². The van der Waals surface area contributed by atoms with E-state index in [1.54, 1.807) is 19.2 Å². The molecule has 0 spiro atoms. The molecule has 2 atom stereocenters. The lowest BCUT2D eigenvalue weighted by Crippen LogP contribution is -2.40. The molecule has 1 aliphatic rings. The van der Waals surface area contributed by atoms with E-state index in [0.29, 0.717) is 12.1 Å². The third kappa shape index (κ3) is 6.07. The van der Waals surface area contributed by atoms with E-state index in [-0.39, 0.29) is 30.3 Å². The van der Waals surface area contributed by atoms with Crippen molar-refractivity contribution in [1.29, 1.82) is 0 Å². The summed E-state index contributed by atoms with van der Waals surface area (Å²) >= 11 is 0. The topological polar surface area (TPSA) is 70.7 Å². The number of methoxy groups -OCH3 is 1. The number of nitrogens with one attached hydrogen (secondary N) is 2. The number of carbonyl (C=O) groups excluding carboxylic acids is 2. The van der Waals surface area contributed by atoms with Gasteiger partial charge in [-0.15, -0.1) is 0 Å². The van der Waals surface area contributed by atoms with Crippen molar-refractivity contribution < 1.29 is 14.3 Å². The number of nitrogens with zero attached hydrogens (tertiary/aromatic N) is 1.